The Kier molecular flexibility index (Phi) is 4.29. The number of nitrogens with two attached hydrogens (primary N) is 1. The van der Waals surface area contributed by atoms with Gasteiger partial charge in [0.05, 0.1) is 23.4 Å². The second-order valence-corrected chi connectivity index (χ2v) is 6.98. The number of hydrogen-bond acceptors (Lipinski definition) is 6. The number of fused-ring (bicyclic) bond motifs is 1. The lowest BCUT2D eigenvalue weighted by Crippen LogP contribution is -2.16. The number of nitrogen functional groups attached to an aromatic ring is 1. The molecule has 6 heteroatoms. The van der Waals surface area contributed by atoms with Crippen molar-refractivity contribution in [3.05, 3.63) is 16.4 Å². The number of carbonyl (C=O) groups is 1. The zero-order chi connectivity index (χ0) is 15.7. The lowest BCUT2D eigenvalue weighted by atomic mass is 9.90. The predicted octanol–water partition coefficient (Wildman–Crippen LogP) is 3.63. The van der Waals surface area contributed by atoms with Crippen LogP contribution in [-0.2, 0) is 4.74 Å². The molecule has 0 atom stereocenters. The molecule has 0 aromatic carbocycles. The number of nitrogens with zero attached hydrogens (tertiary/aromatic N) is 2. The molecule has 1 aliphatic rings. The predicted molar refractivity (Wildman–Crippen MR) is 88.2 cm³/mol. The summed E-state index contributed by atoms with van der Waals surface area (Å²) in [6, 6.07) is 0. The van der Waals surface area contributed by atoms with Gasteiger partial charge in [0, 0.05) is 0 Å². The molecule has 5 nitrogen and oxygen atoms in total. The highest BCUT2D eigenvalue weighted by Crippen LogP contribution is 2.34. The minimum atomic E-state index is -0.330. The van der Waals surface area contributed by atoms with Crippen molar-refractivity contribution in [2.75, 3.05) is 12.3 Å². The molecular weight excluding hydrogens is 298 g/mol. The van der Waals surface area contributed by atoms with Crippen LogP contribution >= 0.6 is 11.3 Å². The summed E-state index contributed by atoms with van der Waals surface area (Å²) < 4.78 is 5.49. The summed E-state index contributed by atoms with van der Waals surface area (Å²) in [5.41, 5.74) is 7.39. The second kappa shape index (κ2) is 6.20. The minimum absolute atomic E-state index is 0.330. The first-order valence-corrected chi connectivity index (χ1v) is 8.58. The summed E-state index contributed by atoms with van der Waals surface area (Å²) in [4.78, 5) is 22.2. The van der Waals surface area contributed by atoms with Crippen molar-refractivity contribution in [2.45, 2.75) is 46.0 Å². The average molecular weight is 319 g/mol. The Morgan fingerprint density at radius 2 is 2.00 bits per heavy atom. The third-order valence-electron chi connectivity index (χ3n) is 4.24. The smallest absolute Gasteiger partial charge is 0.350 e. The topological polar surface area (TPSA) is 78.1 Å². The van der Waals surface area contributed by atoms with E-state index in [0.29, 0.717) is 28.9 Å². The molecule has 2 heterocycles. The highest BCUT2D eigenvalue weighted by molar-refractivity contribution is 7.21. The Balaban J connectivity index is 1.79. The van der Waals surface area contributed by atoms with Gasteiger partial charge in [-0.1, -0.05) is 19.3 Å². The van der Waals surface area contributed by atoms with Gasteiger partial charge in [0.25, 0.3) is 0 Å². The van der Waals surface area contributed by atoms with E-state index in [1.54, 1.807) is 0 Å². The van der Waals surface area contributed by atoms with E-state index < -0.39 is 0 Å². The maximum Gasteiger partial charge on any atom is 0.350 e. The van der Waals surface area contributed by atoms with Crippen molar-refractivity contribution in [1.82, 2.24) is 9.97 Å². The van der Waals surface area contributed by atoms with E-state index in [4.69, 9.17) is 10.5 Å². The van der Waals surface area contributed by atoms with E-state index in [-0.39, 0.29) is 5.97 Å². The van der Waals surface area contributed by atoms with Gasteiger partial charge in [0.1, 0.15) is 15.5 Å². The molecule has 0 radical (unpaired) electrons. The van der Waals surface area contributed by atoms with Gasteiger partial charge in [-0.2, -0.15) is 0 Å². The number of ether oxygens (including phenoxy) is 1. The Morgan fingerprint density at radius 3 is 2.73 bits per heavy atom. The normalized spacial score (nSPS) is 16.1. The quantitative estimate of drug-likeness (QED) is 0.874. The van der Waals surface area contributed by atoms with Crippen molar-refractivity contribution in [3.63, 3.8) is 0 Å². The van der Waals surface area contributed by atoms with Crippen LogP contribution in [0.1, 0.15) is 53.3 Å². The summed E-state index contributed by atoms with van der Waals surface area (Å²) in [5, 5.41) is 0.778. The fraction of sp³-hybridized carbons (Fsp3) is 0.562. The van der Waals surface area contributed by atoms with E-state index in [1.807, 2.05) is 13.8 Å². The number of anilines is 1. The minimum Gasteiger partial charge on any atom is -0.461 e. The third kappa shape index (κ3) is 2.92. The van der Waals surface area contributed by atoms with Gasteiger partial charge in [-0.25, -0.2) is 14.8 Å². The summed E-state index contributed by atoms with van der Waals surface area (Å²) in [6.07, 6.45) is 6.07. The van der Waals surface area contributed by atoms with Gasteiger partial charge in [-0.05, 0) is 32.6 Å². The highest BCUT2D eigenvalue weighted by Gasteiger charge is 2.22. The van der Waals surface area contributed by atoms with Crippen LogP contribution in [0.15, 0.2) is 0 Å². The summed E-state index contributed by atoms with van der Waals surface area (Å²) in [5.74, 6) is 0.855. The van der Waals surface area contributed by atoms with Crippen LogP contribution in [0, 0.1) is 19.8 Å². The second-order valence-electron chi connectivity index (χ2n) is 5.98. The molecule has 0 bridgehead atoms. The zero-order valence-electron chi connectivity index (χ0n) is 13.0. The van der Waals surface area contributed by atoms with Crippen LogP contribution in [0.5, 0.6) is 0 Å². The maximum atomic E-state index is 12.3. The molecule has 3 rings (SSSR count). The van der Waals surface area contributed by atoms with Crippen LogP contribution in [-0.4, -0.2) is 22.5 Å². The van der Waals surface area contributed by atoms with Crippen LogP contribution in [0.25, 0.3) is 10.2 Å². The van der Waals surface area contributed by atoms with Gasteiger partial charge < -0.3 is 10.5 Å². The maximum absolute atomic E-state index is 12.3. The first-order chi connectivity index (χ1) is 10.6. The Morgan fingerprint density at radius 1 is 1.27 bits per heavy atom. The number of aryl methyl sites for hydroxylation is 2. The van der Waals surface area contributed by atoms with Crippen molar-refractivity contribution in [3.8, 4) is 0 Å². The van der Waals surface area contributed by atoms with Crippen LogP contribution in [0.2, 0.25) is 0 Å². The number of rotatable bonds is 3. The molecule has 0 unspecified atom stereocenters. The van der Waals surface area contributed by atoms with Crippen molar-refractivity contribution in [1.29, 1.82) is 0 Å². The zero-order valence-corrected chi connectivity index (χ0v) is 13.8. The summed E-state index contributed by atoms with van der Waals surface area (Å²) >= 11 is 1.30. The fourth-order valence-corrected chi connectivity index (χ4v) is 4.18. The van der Waals surface area contributed by atoms with E-state index in [9.17, 15) is 4.79 Å². The molecular formula is C16H21N3O2S. The lowest BCUT2D eigenvalue weighted by molar-refractivity contribution is 0.0417. The standard InChI is InChI=1S/C16H21N3O2S/c1-9-12-13(17)14(22-15(12)19-10(2)18-9)16(20)21-8-11-6-4-3-5-7-11/h11H,3-8,17H2,1-2H3. The van der Waals surface area contributed by atoms with E-state index >= 15 is 0 Å². The number of aromatic nitrogens is 2. The van der Waals surface area contributed by atoms with Crippen molar-refractivity contribution in [2.24, 2.45) is 5.92 Å². The van der Waals surface area contributed by atoms with Crippen molar-refractivity contribution >= 4 is 33.2 Å². The molecule has 0 amide bonds. The van der Waals surface area contributed by atoms with E-state index in [1.165, 1.54) is 30.6 Å². The molecule has 22 heavy (non-hydrogen) atoms. The molecule has 1 saturated carbocycles. The Bertz CT molecular complexity index is 705. The number of thiophene rings is 1. The molecule has 2 aromatic rings. The highest BCUT2D eigenvalue weighted by atomic mass is 32.1. The van der Waals surface area contributed by atoms with Crippen LogP contribution in [0.4, 0.5) is 5.69 Å². The lowest BCUT2D eigenvalue weighted by Gasteiger charge is -2.20. The average Bonchev–Trinajstić information content (AvgIpc) is 2.83. The largest absolute Gasteiger partial charge is 0.461 e. The van der Waals surface area contributed by atoms with Gasteiger partial charge in [0.15, 0.2) is 0 Å². The molecule has 1 aliphatic carbocycles. The summed E-state index contributed by atoms with van der Waals surface area (Å²) in [7, 11) is 0. The van der Waals surface area contributed by atoms with Gasteiger partial charge >= 0.3 is 5.97 Å². The van der Waals surface area contributed by atoms with Crippen molar-refractivity contribution < 1.29 is 9.53 Å². The molecule has 0 spiro atoms. The molecule has 2 N–H and O–H groups in total. The van der Waals surface area contributed by atoms with Gasteiger partial charge in [-0.3, -0.25) is 0 Å². The number of carbonyl (C=O) groups excluding carboxylic acids is 1. The Labute approximate surface area is 133 Å². The Hall–Kier alpha value is -1.69. The monoisotopic (exact) mass is 319 g/mol. The van der Waals surface area contributed by atoms with Crippen LogP contribution in [0.3, 0.4) is 0 Å². The SMILES string of the molecule is Cc1nc(C)c2c(N)c(C(=O)OCC3CCCCC3)sc2n1. The first kappa shape index (κ1) is 15.2. The summed E-state index contributed by atoms with van der Waals surface area (Å²) in [6.45, 7) is 4.22. The van der Waals surface area contributed by atoms with E-state index in [0.717, 1.165) is 28.8 Å². The number of esters is 1. The van der Waals surface area contributed by atoms with Gasteiger partial charge in [-0.15, -0.1) is 11.3 Å². The van der Waals surface area contributed by atoms with Crippen LogP contribution < -0.4 is 5.73 Å². The third-order valence-corrected chi connectivity index (χ3v) is 5.32. The molecule has 118 valence electrons. The molecule has 2 aromatic heterocycles. The molecule has 1 fully saturated rings. The van der Waals surface area contributed by atoms with Gasteiger partial charge in [0.2, 0.25) is 0 Å². The molecule has 0 aliphatic heterocycles. The number of hydrogen-bond donors (Lipinski definition) is 1. The fourth-order valence-electron chi connectivity index (χ4n) is 3.09. The first-order valence-electron chi connectivity index (χ1n) is 7.76. The molecule has 0 saturated heterocycles. The van der Waals surface area contributed by atoms with E-state index in [2.05, 4.69) is 9.97 Å².